The van der Waals surface area contributed by atoms with Crippen LogP contribution in [0.4, 0.5) is 17.6 Å². The topological polar surface area (TPSA) is 35.1 Å². The summed E-state index contributed by atoms with van der Waals surface area (Å²) in [5.41, 5.74) is 0.168. The highest BCUT2D eigenvalue weighted by Gasteiger charge is 2.33. The van der Waals surface area contributed by atoms with Crippen LogP contribution < -0.4 is 4.72 Å². The third kappa shape index (κ3) is 5.13. The van der Waals surface area contributed by atoms with Gasteiger partial charge in [-0.15, -0.1) is 4.72 Å². The molecule has 142 valence electrons. The monoisotopic (exact) mass is 407 g/mol. The zero-order valence-electron chi connectivity index (χ0n) is 14.3. The van der Waals surface area contributed by atoms with Crippen LogP contribution in [0.15, 0.2) is 42.5 Å². The highest BCUT2D eigenvalue weighted by molar-refractivity contribution is 7.90. The molecule has 0 unspecified atom stereocenters. The molecule has 0 aromatic heterocycles. The van der Waals surface area contributed by atoms with Gasteiger partial charge in [0.2, 0.25) is 0 Å². The van der Waals surface area contributed by atoms with Gasteiger partial charge >= 0.3 is 6.18 Å². The van der Waals surface area contributed by atoms with Gasteiger partial charge in [0.25, 0.3) is 0 Å². The molecule has 26 heavy (non-hydrogen) atoms. The Hall–Kier alpha value is -1.28. The van der Waals surface area contributed by atoms with Crippen molar-refractivity contribution in [2.75, 3.05) is 0 Å². The van der Waals surface area contributed by atoms with Crippen LogP contribution in [0.1, 0.15) is 43.5 Å². The lowest BCUT2D eigenvalue weighted by molar-refractivity contribution is -0.137. The molecule has 0 amide bonds. The van der Waals surface area contributed by atoms with Crippen molar-refractivity contribution in [3.8, 4) is 0 Å². The first-order chi connectivity index (χ1) is 11.9. The van der Waals surface area contributed by atoms with Gasteiger partial charge in [0.1, 0.15) is 16.6 Å². The molecule has 1 N–H and O–H groups in total. The molecule has 0 saturated carbocycles. The smallest absolute Gasteiger partial charge is 0.416 e. The summed E-state index contributed by atoms with van der Waals surface area (Å²) in [5.74, 6) is -0.612. The molecular weight excluding hydrogens is 390 g/mol. The van der Waals surface area contributed by atoms with E-state index >= 15 is 0 Å². The summed E-state index contributed by atoms with van der Waals surface area (Å²) in [6, 6.07) is 7.79. The van der Waals surface area contributed by atoms with Crippen LogP contribution in [-0.4, -0.2) is 9.30 Å². The minimum atomic E-state index is -4.45. The molecule has 8 heteroatoms. The molecule has 0 aliphatic heterocycles. The summed E-state index contributed by atoms with van der Waals surface area (Å²) in [5, 5.41) is -0.122. The maximum absolute atomic E-state index is 13.5. The van der Waals surface area contributed by atoms with E-state index in [0.717, 1.165) is 18.2 Å². The number of alkyl halides is 3. The van der Waals surface area contributed by atoms with Crippen LogP contribution in [0.3, 0.4) is 0 Å². The van der Waals surface area contributed by atoms with Gasteiger partial charge in [-0.1, -0.05) is 29.8 Å². The zero-order valence-corrected chi connectivity index (χ0v) is 15.9. The van der Waals surface area contributed by atoms with E-state index in [1.165, 1.54) is 24.3 Å². The Kier molecular flexibility index (Phi) is 6.28. The molecule has 2 aromatic carbocycles. The highest BCUT2D eigenvalue weighted by atomic mass is 35.5. The number of rotatable bonds is 4. The van der Waals surface area contributed by atoms with Gasteiger partial charge in [0.15, 0.2) is 0 Å². The van der Waals surface area contributed by atoms with Crippen LogP contribution in [0.25, 0.3) is 0 Å². The third-order valence-corrected chi connectivity index (χ3v) is 5.48. The third-order valence-electron chi connectivity index (χ3n) is 3.63. The second-order valence-electron chi connectivity index (χ2n) is 6.73. The lowest BCUT2D eigenvalue weighted by atomic mass is 9.98. The first kappa shape index (κ1) is 21.0. The lowest BCUT2D eigenvalue weighted by Crippen LogP contribution is -2.41. The van der Waals surface area contributed by atoms with Crippen LogP contribution in [0.2, 0.25) is 5.02 Å². The van der Waals surface area contributed by atoms with Crippen LogP contribution in [0, 0.1) is 5.82 Å². The van der Waals surface area contributed by atoms with Gasteiger partial charge in [-0.2, -0.15) is 13.2 Å². The fourth-order valence-corrected chi connectivity index (χ4v) is 3.20. The van der Waals surface area contributed by atoms with Crippen LogP contribution in [0.5, 0.6) is 0 Å². The molecule has 0 heterocycles. The number of nitrogens with one attached hydrogen (secondary N) is 1. The quantitative estimate of drug-likeness (QED) is 0.526. The predicted molar refractivity (Wildman–Crippen MR) is 95.7 cm³/mol. The largest absolute Gasteiger partial charge is 0.598 e. The number of benzene rings is 2. The normalized spacial score (nSPS) is 15.0. The van der Waals surface area contributed by atoms with Gasteiger partial charge in [-0.3, -0.25) is 0 Å². The average Bonchev–Trinajstić information content (AvgIpc) is 2.53. The fraction of sp³-hybridized carbons (Fsp3) is 0.333. The summed E-state index contributed by atoms with van der Waals surface area (Å²) in [4.78, 5) is 0. The Morgan fingerprint density at radius 3 is 2.00 bits per heavy atom. The molecule has 2 nitrogen and oxygen atoms in total. The Bertz CT molecular complexity index is 759. The second-order valence-corrected chi connectivity index (χ2v) is 9.13. The van der Waals surface area contributed by atoms with E-state index in [9.17, 15) is 22.1 Å². The van der Waals surface area contributed by atoms with Gasteiger partial charge < -0.3 is 4.55 Å². The molecular formula is C18H18ClF4NOS. The summed E-state index contributed by atoms with van der Waals surface area (Å²) in [7, 11) is 0. The van der Waals surface area contributed by atoms with E-state index in [4.69, 9.17) is 11.6 Å². The first-order valence-corrected chi connectivity index (χ1v) is 9.22. The van der Waals surface area contributed by atoms with E-state index in [0.29, 0.717) is 11.1 Å². The number of hydrogen-bond donors (Lipinski definition) is 1. The van der Waals surface area contributed by atoms with Gasteiger partial charge in [0, 0.05) is 11.4 Å². The standard InChI is InChI=1S/C18H18ClF4NOS/c1-17(2,3)26(25)24-16(12-6-9-15(20)14(19)10-12)11-4-7-13(8-5-11)18(21,22)23/h4-10,16,24H,1-3H3/t16-,26-/m0/s1. The number of halogens is 5. The van der Waals surface area contributed by atoms with Crippen molar-refractivity contribution >= 4 is 23.0 Å². The van der Waals surface area contributed by atoms with Crippen LogP contribution in [-0.2, 0) is 17.5 Å². The molecule has 0 aliphatic rings. The summed E-state index contributed by atoms with van der Waals surface area (Å²) in [6.07, 6.45) is -4.45. The van der Waals surface area contributed by atoms with Gasteiger partial charge in [-0.05, 0) is 56.2 Å². The van der Waals surface area contributed by atoms with Crippen molar-refractivity contribution < 1.29 is 22.1 Å². The fourth-order valence-electron chi connectivity index (χ4n) is 2.17. The Morgan fingerprint density at radius 2 is 1.54 bits per heavy atom. The lowest BCUT2D eigenvalue weighted by Gasteiger charge is -2.28. The molecule has 0 aliphatic carbocycles. The van der Waals surface area contributed by atoms with Crippen molar-refractivity contribution in [1.82, 2.24) is 4.72 Å². The maximum atomic E-state index is 13.5. The Labute approximate surface area is 157 Å². The minimum Gasteiger partial charge on any atom is -0.598 e. The Balaban J connectivity index is 2.44. The van der Waals surface area contributed by atoms with Gasteiger partial charge in [-0.25, -0.2) is 4.39 Å². The van der Waals surface area contributed by atoms with E-state index in [2.05, 4.69) is 4.72 Å². The summed E-state index contributed by atoms with van der Waals surface area (Å²) >= 11 is 4.32. The Morgan fingerprint density at radius 1 is 1.00 bits per heavy atom. The van der Waals surface area contributed by atoms with E-state index in [1.54, 1.807) is 20.8 Å². The molecule has 2 aromatic rings. The van der Waals surface area contributed by atoms with Crippen LogP contribution >= 0.6 is 11.6 Å². The maximum Gasteiger partial charge on any atom is 0.416 e. The zero-order chi connectivity index (χ0) is 19.7. The van der Waals surface area contributed by atoms with E-state index in [1.807, 2.05) is 0 Å². The minimum absolute atomic E-state index is 0.122. The molecule has 2 rings (SSSR count). The van der Waals surface area contributed by atoms with E-state index in [-0.39, 0.29) is 5.02 Å². The molecule has 2 atom stereocenters. The molecule has 0 saturated heterocycles. The van der Waals surface area contributed by atoms with Crippen molar-refractivity contribution in [2.45, 2.75) is 37.7 Å². The molecule has 0 fully saturated rings. The first-order valence-electron chi connectivity index (χ1n) is 7.70. The molecule has 0 spiro atoms. The second kappa shape index (κ2) is 7.76. The van der Waals surface area contributed by atoms with E-state index < -0.39 is 39.7 Å². The van der Waals surface area contributed by atoms with Crippen molar-refractivity contribution in [3.63, 3.8) is 0 Å². The molecule has 0 bridgehead atoms. The highest BCUT2D eigenvalue weighted by Crippen LogP contribution is 2.32. The predicted octanol–water partition coefficient (Wildman–Crippen LogP) is 5.64. The van der Waals surface area contributed by atoms with Crippen molar-refractivity contribution in [1.29, 1.82) is 0 Å². The van der Waals surface area contributed by atoms with Crippen molar-refractivity contribution in [2.24, 2.45) is 0 Å². The number of hydrogen-bond acceptors (Lipinski definition) is 2. The summed E-state index contributed by atoms with van der Waals surface area (Å²) in [6.45, 7) is 5.28. The van der Waals surface area contributed by atoms with Crippen molar-refractivity contribution in [3.05, 3.63) is 70.0 Å². The molecule has 0 radical (unpaired) electrons. The SMILES string of the molecule is CC(C)(C)[S@+]([O-])N[C@@H](c1ccc(C(F)(F)F)cc1)c1ccc(F)c(Cl)c1. The summed E-state index contributed by atoms with van der Waals surface area (Å²) < 4.78 is 66.6. The van der Waals surface area contributed by atoms with Gasteiger partial charge in [0.05, 0.1) is 10.6 Å². The average molecular weight is 408 g/mol.